The van der Waals surface area contributed by atoms with Gasteiger partial charge in [0, 0.05) is 22.1 Å². The van der Waals surface area contributed by atoms with Crippen LogP contribution in [0.15, 0.2) is 211 Å². The van der Waals surface area contributed by atoms with Gasteiger partial charge < -0.3 is 5.32 Å². The lowest BCUT2D eigenvalue weighted by molar-refractivity contribution is 0.409. The van der Waals surface area contributed by atoms with Crippen LogP contribution in [0.2, 0.25) is 0 Å². The van der Waals surface area contributed by atoms with E-state index < -0.39 is 0 Å². The van der Waals surface area contributed by atoms with Crippen LogP contribution in [0.3, 0.4) is 0 Å². The molecule has 9 aromatic rings. The molecular formula is C52H38N4. The normalized spacial score (nSPS) is 15.3. The van der Waals surface area contributed by atoms with Gasteiger partial charge in [-0.25, -0.2) is 9.98 Å². The van der Waals surface area contributed by atoms with Crippen molar-refractivity contribution in [3.05, 3.63) is 223 Å². The molecule has 0 spiro atoms. The first-order valence-electron chi connectivity index (χ1n) is 19.1. The molecule has 1 aliphatic heterocycles. The van der Waals surface area contributed by atoms with E-state index in [0.717, 1.165) is 66.9 Å². The molecular weight excluding hydrogens is 681 g/mol. The summed E-state index contributed by atoms with van der Waals surface area (Å²) in [5.41, 5.74) is 13.2. The van der Waals surface area contributed by atoms with Crippen molar-refractivity contribution in [3.8, 4) is 44.6 Å². The van der Waals surface area contributed by atoms with Gasteiger partial charge in [-0.05, 0) is 74.0 Å². The third kappa shape index (κ3) is 6.42. The molecule has 0 fully saturated rings. The predicted octanol–water partition coefficient (Wildman–Crippen LogP) is 12.4. The van der Waals surface area contributed by atoms with Crippen molar-refractivity contribution in [1.82, 2.24) is 15.6 Å². The van der Waals surface area contributed by atoms with Gasteiger partial charge in [0.25, 0.3) is 0 Å². The average Bonchev–Trinajstić information content (AvgIpc) is 3.29. The monoisotopic (exact) mass is 718 g/mol. The van der Waals surface area contributed by atoms with E-state index in [-0.39, 0.29) is 12.3 Å². The van der Waals surface area contributed by atoms with Crippen LogP contribution in [0.1, 0.15) is 29.0 Å². The van der Waals surface area contributed by atoms with Gasteiger partial charge in [0.1, 0.15) is 18.2 Å². The Morgan fingerprint density at radius 3 is 1.73 bits per heavy atom. The number of hydrogen-bond acceptors (Lipinski definition) is 4. The summed E-state index contributed by atoms with van der Waals surface area (Å²) >= 11 is 0. The second-order valence-corrected chi connectivity index (χ2v) is 14.3. The van der Waals surface area contributed by atoms with Crippen molar-refractivity contribution in [2.75, 3.05) is 0 Å². The summed E-state index contributed by atoms with van der Waals surface area (Å²) < 4.78 is 0. The molecule has 1 aliphatic rings. The number of aromatic nitrogens is 1. The standard InChI is InChI=1S/C52H38N4/c1-5-17-35(18-6-1)45-34-47(36-19-7-2-8-20-36)53-49-46(33-42-25-13-14-30-44(42)48(45)49)41-28-15-26-39(31-41)40-27-16-29-43(32-40)52-55-50(37-21-9-3-10-22-37)54-51(56-52)38-23-11-4-12-24-38/h1-34,50,52,55H,(H,54,56). The Hall–Kier alpha value is -7.14. The molecule has 0 amide bonds. The van der Waals surface area contributed by atoms with E-state index in [0.29, 0.717) is 0 Å². The van der Waals surface area contributed by atoms with E-state index in [9.17, 15) is 0 Å². The van der Waals surface area contributed by atoms with Crippen molar-refractivity contribution < 1.29 is 0 Å². The van der Waals surface area contributed by atoms with E-state index in [2.05, 4.69) is 211 Å². The third-order valence-corrected chi connectivity index (χ3v) is 10.7. The molecule has 56 heavy (non-hydrogen) atoms. The van der Waals surface area contributed by atoms with Crippen LogP contribution in [0.25, 0.3) is 66.3 Å². The van der Waals surface area contributed by atoms with Crippen molar-refractivity contribution in [3.63, 3.8) is 0 Å². The van der Waals surface area contributed by atoms with Crippen LogP contribution in [0.4, 0.5) is 0 Å². The molecule has 0 saturated carbocycles. The molecule has 266 valence electrons. The van der Waals surface area contributed by atoms with Gasteiger partial charge in [-0.15, -0.1) is 0 Å². The van der Waals surface area contributed by atoms with Crippen molar-refractivity contribution in [1.29, 1.82) is 0 Å². The number of benzene rings is 8. The van der Waals surface area contributed by atoms with E-state index in [1.165, 1.54) is 21.9 Å². The minimum atomic E-state index is -0.249. The Morgan fingerprint density at radius 2 is 0.982 bits per heavy atom. The molecule has 0 aliphatic carbocycles. The Kier molecular flexibility index (Phi) is 8.71. The lowest BCUT2D eigenvalue weighted by Crippen LogP contribution is -2.44. The lowest BCUT2D eigenvalue weighted by Gasteiger charge is -2.32. The first kappa shape index (κ1) is 33.4. The van der Waals surface area contributed by atoms with E-state index in [1.807, 2.05) is 6.07 Å². The van der Waals surface area contributed by atoms with E-state index in [1.54, 1.807) is 0 Å². The number of hydrogen-bond donors (Lipinski definition) is 2. The number of nitrogens with one attached hydrogen (secondary N) is 2. The molecule has 2 atom stereocenters. The van der Waals surface area contributed by atoms with Gasteiger partial charge in [-0.2, -0.15) is 0 Å². The Labute approximate surface area is 326 Å². The number of pyridine rings is 1. The highest BCUT2D eigenvalue weighted by molar-refractivity contribution is 6.18. The first-order valence-corrected chi connectivity index (χ1v) is 19.1. The SMILES string of the molecule is c1ccc(C2=NC(c3cccc(-c4cccc(-c5cc6ccccc6c6c(-c7ccccc7)cc(-c7ccccc7)nc56)c4)c3)NC(c3ccccc3)N2)cc1. The molecule has 1 aromatic heterocycles. The summed E-state index contributed by atoms with van der Waals surface area (Å²) in [4.78, 5) is 10.7. The maximum absolute atomic E-state index is 5.47. The summed E-state index contributed by atoms with van der Waals surface area (Å²) in [6.45, 7) is 0. The highest BCUT2D eigenvalue weighted by Gasteiger charge is 2.25. The van der Waals surface area contributed by atoms with Crippen molar-refractivity contribution in [2.45, 2.75) is 12.3 Å². The molecule has 8 aromatic carbocycles. The zero-order valence-corrected chi connectivity index (χ0v) is 30.7. The Morgan fingerprint density at radius 1 is 0.411 bits per heavy atom. The fourth-order valence-corrected chi connectivity index (χ4v) is 7.95. The molecule has 10 rings (SSSR count). The molecule has 0 saturated heterocycles. The summed E-state index contributed by atoms with van der Waals surface area (Å²) in [5, 5.41) is 11.0. The van der Waals surface area contributed by atoms with Crippen LogP contribution in [-0.4, -0.2) is 10.8 Å². The second-order valence-electron chi connectivity index (χ2n) is 14.3. The maximum atomic E-state index is 5.47. The lowest BCUT2D eigenvalue weighted by atomic mass is 9.89. The predicted molar refractivity (Wildman–Crippen MR) is 232 cm³/mol. The van der Waals surface area contributed by atoms with Crippen LogP contribution < -0.4 is 10.6 Å². The first-order chi connectivity index (χ1) is 27.7. The third-order valence-electron chi connectivity index (χ3n) is 10.7. The smallest absolute Gasteiger partial charge is 0.131 e. The fraction of sp³-hybridized carbons (Fsp3) is 0.0385. The maximum Gasteiger partial charge on any atom is 0.131 e. The molecule has 2 unspecified atom stereocenters. The van der Waals surface area contributed by atoms with Crippen LogP contribution in [-0.2, 0) is 0 Å². The minimum absolute atomic E-state index is 0.101. The Bertz CT molecular complexity index is 2850. The zero-order valence-electron chi connectivity index (χ0n) is 30.7. The molecule has 2 heterocycles. The number of amidine groups is 1. The molecule has 4 heteroatoms. The summed E-state index contributed by atoms with van der Waals surface area (Å²) in [6.07, 6.45) is -0.350. The van der Waals surface area contributed by atoms with Crippen LogP contribution >= 0.6 is 0 Å². The molecule has 2 N–H and O–H groups in total. The van der Waals surface area contributed by atoms with Gasteiger partial charge in [-0.3, -0.25) is 5.32 Å². The molecule has 0 bridgehead atoms. The average molecular weight is 719 g/mol. The van der Waals surface area contributed by atoms with Crippen molar-refractivity contribution >= 4 is 27.5 Å². The van der Waals surface area contributed by atoms with E-state index in [4.69, 9.17) is 9.98 Å². The summed E-state index contributed by atoms with van der Waals surface area (Å²) in [7, 11) is 0. The highest BCUT2D eigenvalue weighted by atomic mass is 15.3. The van der Waals surface area contributed by atoms with Gasteiger partial charge >= 0.3 is 0 Å². The minimum Gasteiger partial charge on any atom is -0.350 e. The molecule has 0 radical (unpaired) electrons. The van der Waals surface area contributed by atoms with Crippen molar-refractivity contribution in [2.24, 2.45) is 4.99 Å². The highest BCUT2D eigenvalue weighted by Crippen LogP contribution is 2.42. The van der Waals surface area contributed by atoms with E-state index >= 15 is 0 Å². The number of fused-ring (bicyclic) bond motifs is 3. The largest absolute Gasteiger partial charge is 0.350 e. The topological polar surface area (TPSA) is 49.3 Å². The zero-order chi connectivity index (χ0) is 37.3. The van der Waals surface area contributed by atoms with Gasteiger partial charge in [0.05, 0.1) is 11.2 Å². The number of rotatable bonds is 7. The van der Waals surface area contributed by atoms with Crippen LogP contribution in [0, 0.1) is 0 Å². The number of aliphatic imine (C=N–C) groups is 1. The second kappa shape index (κ2) is 14.6. The Balaban J connectivity index is 1.11. The quantitative estimate of drug-likeness (QED) is 0.161. The number of nitrogens with zero attached hydrogens (tertiary/aromatic N) is 2. The van der Waals surface area contributed by atoms with Gasteiger partial charge in [0.2, 0.25) is 0 Å². The van der Waals surface area contributed by atoms with Crippen LogP contribution in [0.5, 0.6) is 0 Å². The summed E-state index contributed by atoms with van der Waals surface area (Å²) in [6, 6.07) is 73.0. The molecule has 4 nitrogen and oxygen atoms in total. The fourth-order valence-electron chi connectivity index (χ4n) is 7.95. The summed E-state index contributed by atoms with van der Waals surface area (Å²) in [5.74, 6) is 0.871. The van der Waals surface area contributed by atoms with Gasteiger partial charge in [-0.1, -0.05) is 182 Å². The van der Waals surface area contributed by atoms with Gasteiger partial charge in [0.15, 0.2) is 0 Å².